The van der Waals surface area contributed by atoms with Crippen molar-refractivity contribution in [3.63, 3.8) is 0 Å². The number of aryl methyl sites for hydroxylation is 3. The van der Waals surface area contributed by atoms with Crippen molar-refractivity contribution in [1.82, 2.24) is 10.3 Å². The zero-order chi connectivity index (χ0) is 14.7. The van der Waals surface area contributed by atoms with Gasteiger partial charge in [-0.05, 0) is 37.3 Å². The molecule has 0 saturated carbocycles. The molecule has 1 aliphatic carbocycles. The SMILES string of the molecule is Cc1csc(CCCNC(=O)[C@H]2CCc3ccccc32)n1. The number of aromatic nitrogens is 1. The third-order valence-corrected chi connectivity index (χ3v) is 5.01. The first kappa shape index (κ1) is 14.3. The fraction of sp³-hybridized carbons (Fsp3) is 0.412. The Morgan fingerprint density at radius 3 is 3.10 bits per heavy atom. The van der Waals surface area contributed by atoms with Crippen molar-refractivity contribution in [2.24, 2.45) is 0 Å². The molecule has 0 bridgehead atoms. The van der Waals surface area contributed by atoms with Gasteiger partial charge in [-0.25, -0.2) is 4.98 Å². The van der Waals surface area contributed by atoms with Crippen molar-refractivity contribution < 1.29 is 4.79 Å². The predicted octanol–water partition coefficient (Wildman–Crippen LogP) is 3.23. The van der Waals surface area contributed by atoms with Crippen LogP contribution in [0.1, 0.15) is 40.6 Å². The number of nitrogens with zero attached hydrogens (tertiary/aromatic N) is 1. The Kier molecular flexibility index (Phi) is 4.34. The largest absolute Gasteiger partial charge is 0.356 e. The van der Waals surface area contributed by atoms with Gasteiger partial charge in [0.05, 0.1) is 10.9 Å². The Hall–Kier alpha value is -1.68. The summed E-state index contributed by atoms with van der Waals surface area (Å²) in [6, 6.07) is 8.29. The number of fused-ring (bicyclic) bond motifs is 1. The Balaban J connectivity index is 1.47. The molecule has 3 rings (SSSR count). The maximum Gasteiger partial charge on any atom is 0.227 e. The molecule has 110 valence electrons. The Morgan fingerprint density at radius 1 is 1.43 bits per heavy atom. The molecule has 1 heterocycles. The lowest BCUT2D eigenvalue weighted by Crippen LogP contribution is -2.29. The minimum atomic E-state index is 0.0447. The van der Waals surface area contributed by atoms with Crippen LogP contribution in [-0.4, -0.2) is 17.4 Å². The predicted molar refractivity (Wildman–Crippen MR) is 85.7 cm³/mol. The fourth-order valence-corrected chi connectivity index (χ4v) is 3.74. The van der Waals surface area contributed by atoms with Crippen LogP contribution in [0.15, 0.2) is 29.6 Å². The summed E-state index contributed by atoms with van der Waals surface area (Å²) in [4.78, 5) is 16.7. The topological polar surface area (TPSA) is 42.0 Å². The number of hydrogen-bond acceptors (Lipinski definition) is 3. The third kappa shape index (κ3) is 3.32. The van der Waals surface area contributed by atoms with Gasteiger partial charge in [0.25, 0.3) is 0 Å². The molecule has 1 amide bonds. The summed E-state index contributed by atoms with van der Waals surface area (Å²) < 4.78 is 0. The maximum atomic E-state index is 12.3. The van der Waals surface area contributed by atoms with E-state index in [4.69, 9.17) is 0 Å². The first-order chi connectivity index (χ1) is 10.2. The molecule has 1 aliphatic rings. The zero-order valence-corrected chi connectivity index (χ0v) is 13.1. The molecule has 0 spiro atoms. The van der Waals surface area contributed by atoms with E-state index in [1.54, 1.807) is 11.3 Å². The van der Waals surface area contributed by atoms with Crippen LogP contribution < -0.4 is 5.32 Å². The summed E-state index contributed by atoms with van der Waals surface area (Å²) in [5, 5.41) is 6.31. The van der Waals surface area contributed by atoms with E-state index in [1.165, 1.54) is 11.1 Å². The van der Waals surface area contributed by atoms with E-state index in [1.807, 2.05) is 13.0 Å². The van der Waals surface area contributed by atoms with Crippen LogP contribution >= 0.6 is 11.3 Å². The normalized spacial score (nSPS) is 16.7. The van der Waals surface area contributed by atoms with Gasteiger partial charge < -0.3 is 5.32 Å². The van der Waals surface area contributed by atoms with Crippen molar-refractivity contribution in [3.8, 4) is 0 Å². The second-order valence-corrected chi connectivity index (χ2v) is 6.51. The number of rotatable bonds is 5. The summed E-state index contributed by atoms with van der Waals surface area (Å²) in [7, 11) is 0. The smallest absolute Gasteiger partial charge is 0.227 e. The van der Waals surface area contributed by atoms with E-state index in [2.05, 4.69) is 33.9 Å². The molecule has 1 aromatic heterocycles. The Bertz CT molecular complexity index is 635. The minimum absolute atomic E-state index is 0.0447. The lowest BCUT2D eigenvalue weighted by atomic mass is 10.0. The highest BCUT2D eigenvalue weighted by Gasteiger charge is 2.27. The monoisotopic (exact) mass is 300 g/mol. The van der Waals surface area contributed by atoms with E-state index in [0.29, 0.717) is 0 Å². The Morgan fingerprint density at radius 2 is 2.29 bits per heavy atom. The average molecular weight is 300 g/mol. The van der Waals surface area contributed by atoms with Crippen molar-refractivity contribution >= 4 is 17.2 Å². The highest BCUT2D eigenvalue weighted by molar-refractivity contribution is 7.09. The first-order valence-electron chi connectivity index (χ1n) is 7.50. The summed E-state index contributed by atoms with van der Waals surface area (Å²) in [5.74, 6) is 0.221. The second-order valence-electron chi connectivity index (χ2n) is 5.57. The van der Waals surface area contributed by atoms with Gasteiger partial charge in [0, 0.05) is 24.0 Å². The number of amides is 1. The molecule has 1 aromatic carbocycles. The molecule has 0 radical (unpaired) electrons. The third-order valence-electron chi connectivity index (χ3n) is 3.98. The van der Waals surface area contributed by atoms with Gasteiger partial charge in [0.2, 0.25) is 5.91 Å². The molecule has 4 heteroatoms. The molecular formula is C17H20N2OS. The molecule has 21 heavy (non-hydrogen) atoms. The molecule has 1 N–H and O–H groups in total. The van der Waals surface area contributed by atoms with Gasteiger partial charge in [0.1, 0.15) is 0 Å². The molecule has 2 aromatic rings. The average Bonchev–Trinajstić information content (AvgIpc) is 3.09. The summed E-state index contributed by atoms with van der Waals surface area (Å²) in [6.07, 6.45) is 3.86. The van der Waals surface area contributed by atoms with Crippen LogP contribution in [0.25, 0.3) is 0 Å². The Labute approximate surface area is 129 Å². The van der Waals surface area contributed by atoms with Crippen molar-refractivity contribution in [1.29, 1.82) is 0 Å². The summed E-state index contributed by atoms with van der Waals surface area (Å²) >= 11 is 1.70. The minimum Gasteiger partial charge on any atom is -0.356 e. The van der Waals surface area contributed by atoms with Crippen molar-refractivity contribution in [3.05, 3.63) is 51.5 Å². The van der Waals surface area contributed by atoms with Crippen LogP contribution in [-0.2, 0) is 17.6 Å². The van der Waals surface area contributed by atoms with E-state index in [0.717, 1.165) is 42.9 Å². The van der Waals surface area contributed by atoms with Gasteiger partial charge in [-0.15, -0.1) is 11.3 Å². The van der Waals surface area contributed by atoms with Crippen LogP contribution in [0.3, 0.4) is 0 Å². The summed E-state index contributed by atoms with van der Waals surface area (Å²) in [6.45, 7) is 2.75. The van der Waals surface area contributed by atoms with Crippen LogP contribution in [0, 0.1) is 6.92 Å². The second kappa shape index (κ2) is 6.39. The summed E-state index contributed by atoms with van der Waals surface area (Å²) in [5.41, 5.74) is 3.63. The van der Waals surface area contributed by atoms with Gasteiger partial charge in [-0.1, -0.05) is 24.3 Å². The molecular weight excluding hydrogens is 280 g/mol. The maximum absolute atomic E-state index is 12.3. The number of nitrogens with one attached hydrogen (secondary N) is 1. The standard InChI is InChI=1S/C17H20N2OS/c1-12-11-21-16(19-12)7-4-10-18-17(20)15-9-8-13-5-2-3-6-14(13)15/h2-3,5-6,11,15H,4,7-10H2,1H3,(H,18,20)/t15-/m0/s1. The highest BCUT2D eigenvalue weighted by atomic mass is 32.1. The number of thiazole rings is 1. The van der Waals surface area contributed by atoms with E-state index < -0.39 is 0 Å². The lowest BCUT2D eigenvalue weighted by Gasteiger charge is -2.12. The number of carbonyl (C=O) groups excluding carboxylic acids is 1. The molecule has 0 unspecified atom stereocenters. The van der Waals surface area contributed by atoms with E-state index in [-0.39, 0.29) is 11.8 Å². The zero-order valence-electron chi connectivity index (χ0n) is 12.3. The quantitative estimate of drug-likeness (QED) is 0.861. The molecule has 0 saturated heterocycles. The molecule has 0 aliphatic heterocycles. The molecule has 3 nitrogen and oxygen atoms in total. The van der Waals surface area contributed by atoms with Crippen LogP contribution in [0.5, 0.6) is 0 Å². The van der Waals surface area contributed by atoms with E-state index in [9.17, 15) is 4.79 Å². The van der Waals surface area contributed by atoms with Crippen molar-refractivity contribution in [2.45, 2.75) is 38.5 Å². The molecule has 0 fully saturated rings. The van der Waals surface area contributed by atoms with Gasteiger partial charge in [-0.2, -0.15) is 0 Å². The van der Waals surface area contributed by atoms with E-state index >= 15 is 0 Å². The van der Waals surface area contributed by atoms with Gasteiger partial charge in [-0.3, -0.25) is 4.79 Å². The first-order valence-corrected chi connectivity index (χ1v) is 8.38. The lowest BCUT2D eigenvalue weighted by molar-refractivity contribution is -0.122. The van der Waals surface area contributed by atoms with Gasteiger partial charge >= 0.3 is 0 Å². The number of benzene rings is 1. The molecule has 1 atom stereocenters. The number of hydrogen-bond donors (Lipinski definition) is 1. The van der Waals surface area contributed by atoms with Gasteiger partial charge in [0.15, 0.2) is 0 Å². The number of carbonyl (C=O) groups is 1. The van der Waals surface area contributed by atoms with Crippen molar-refractivity contribution in [2.75, 3.05) is 6.54 Å². The van der Waals surface area contributed by atoms with Crippen LogP contribution in [0.4, 0.5) is 0 Å². The van der Waals surface area contributed by atoms with Crippen LogP contribution in [0.2, 0.25) is 0 Å². The fourth-order valence-electron chi connectivity index (χ4n) is 2.92. The highest BCUT2D eigenvalue weighted by Crippen LogP contribution is 2.32.